The van der Waals surface area contributed by atoms with Crippen LogP contribution in [0, 0.1) is 23.2 Å². The van der Waals surface area contributed by atoms with Crippen LogP contribution >= 0.6 is 0 Å². The average molecular weight is 279 g/mol. The average Bonchev–Trinajstić information content (AvgIpc) is 3.20. The Kier molecular flexibility index (Phi) is 3.51. The zero-order valence-electron chi connectivity index (χ0n) is 12.3. The lowest BCUT2D eigenvalue weighted by Crippen LogP contribution is -2.50. The number of carbonyl (C=O) groups excluding carboxylic acids is 1. The molecule has 3 atom stereocenters. The van der Waals surface area contributed by atoms with Gasteiger partial charge in [0.1, 0.15) is 0 Å². The Morgan fingerprint density at radius 1 is 1.20 bits per heavy atom. The maximum atomic E-state index is 12.7. The maximum absolute atomic E-state index is 12.7. The number of carbonyl (C=O) groups is 2. The number of carboxylic acids is 1. The molecule has 3 aliphatic rings. The number of hydrogen-bond acceptors (Lipinski definition) is 2. The van der Waals surface area contributed by atoms with E-state index in [1.165, 1.54) is 25.7 Å². The number of piperidine rings is 1. The lowest BCUT2D eigenvalue weighted by Gasteiger charge is -2.39. The Hall–Kier alpha value is -1.06. The topological polar surface area (TPSA) is 57.6 Å². The van der Waals surface area contributed by atoms with Gasteiger partial charge in [0.2, 0.25) is 5.91 Å². The first-order valence-electron chi connectivity index (χ1n) is 8.11. The molecule has 0 spiro atoms. The minimum atomic E-state index is -0.731. The first-order valence-corrected chi connectivity index (χ1v) is 8.11. The van der Waals surface area contributed by atoms with Gasteiger partial charge in [0.15, 0.2) is 0 Å². The van der Waals surface area contributed by atoms with Gasteiger partial charge in [0.05, 0.1) is 5.41 Å². The zero-order valence-corrected chi connectivity index (χ0v) is 12.3. The van der Waals surface area contributed by atoms with Crippen molar-refractivity contribution in [3.63, 3.8) is 0 Å². The molecule has 0 aromatic heterocycles. The van der Waals surface area contributed by atoms with Crippen LogP contribution in [0.2, 0.25) is 0 Å². The van der Waals surface area contributed by atoms with Crippen LogP contribution in [-0.2, 0) is 9.59 Å². The molecule has 1 saturated heterocycles. The molecule has 4 heteroatoms. The highest BCUT2D eigenvalue weighted by atomic mass is 16.4. The van der Waals surface area contributed by atoms with Gasteiger partial charge in [-0.3, -0.25) is 9.59 Å². The largest absolute Gasteiger partial charge is 0.481 e. The smallest absolute Gasteiger partial charge is 0.311 e. The summed E-state index contributed by atoms with van der Waals surface area (Å²) < 4.78 is 0. The van der Waals surface area contributed by atoms with Crippen molar-refractivity contribution >= 4 is 11.9 Å². The summed E-state index contributed by atoms with van der Waals surface area (Å²) >= 11 is 0. The van der Waals surface area contributed by atoms with Gasteiger partial charge in [-0.05, 0) is 43.9 Å². The fourth-order valence-electron chi connectivity index (χ4n) is 4.50. The highest BCUT2D eigenvalue weighted by Gasteiger charge is 2.56. The van der Waals surface area contributed by atoms with E-state index in [-0.39, 0.29) is 11.8 Å². The summed E-state index contributed by atoms with van der Waals surface area (Å²) in [4.78, 5) is 26.1. The Bertz CT molecular complexity index is 410. The first kappa shape index (κ1) is 13.9. The molecular weight excluding hydrogens is 254 g/mol. The summed E-state index contributed by atoms with van der Waals surface area (Å²) in [6.45, 7) is 3.11. The fraction of sp³-hybridized carbons (Fsp3) is 0.875. The quantitative estimate of drug-likeness (QED) is 0.863. The number of nitrogens with zero attached hydrogens (tertiary/aromatic N) is 1. The molecule has 112 valence electrons. The molecular formula is C16H25NO3. The third-order valence-corrected chi connectivity index (χ3v) is 5.96. The normalized spacial score (nSPS) is 40.0. The Balaban J connectivity index is 1.68. The van der Waals surface area contributed by atoms with Crippen LogP contribution in [0.3, 0.4) is 0 Å². The second-order valence-corrected chi connectivity index (χ2v) is 6.94. The molecule has 0 radical (unpaired) electrons. The van der Waals surface area contributed by atoms with Crippen LogP contribution in [0.15, 0.2) is 0 Å². The van der Waals surface area contributed by atoms with Gasteiger partial charge in [-0.15, -0.1) is 0 Å². The molecule has 2 aliphatic carbocycles. The number of amides is 1. The molecule has 1 N–H and O–H groups in total. The molecule has 1 heterocycles. The second kappa shape index (κ2) is 5.05. The Morgan fingerprint density at radius 2 is 1.85 bits per heavy atom. The van der Waals surface area contributed by atoms with Crippen molar-refractivity contribution in [1.29, 1.82) is 0 Å². The molecule has 0 aromatic rings. The van der Waals surface area contributed by atoms with E-state index in [1.807, 2.05) is 11.8 Å². The minimum Gasteiger partial charge on any atom is -0.481 e. The van der Waals surface area contributed by atoms with Crippen LogP contribution in [-0.4, -0.2) is 35.0 Å². The van der Waals surface area contributed by atoms with E-state index >= 15 is 0 Å². The summed E-state index contributed by atoms with van der Waals surface area (Å²) in [5.74, 6) is 0.961. The summed E-state index contributed by atoms with van der Waals surface area (Å²) in [5, 5.41) is 9.51. The van der Waals surface area contributed by atoms with E-state index in [0.717, 1.165) is 13.0 Å². The molecule has 1 aliphatic heterocycles. The van der Waals surface area contributed by atoms with Crippen molar-refractivity contribution in [2.75, 3.05) is 13.1 Å². The second-order valence-electron chi connectivity index (χ2n) is 6.94. The SMILES string of the molecule is CCC1(C(=O)O)CCCN(C(=O)C2C3CCCCC32)C1. The number of rotatable bonds is 3. The minimum absolute atomic E-state index is 0.221. The number of likely N-dealkylation sites (tertiary alicyclic amines) is 1. The third kappa shape index (κ3) is 2.13. The summed E-state index contributed by atoms with van der Waals surface area (Å²) in [6.07, 6.45) is 7.08. The van der Waals surface area contributed by atoms with Gasteiger partial charge in [-0.25, -0.2) is 0 Å². The van der Waals surface area contributed by atoms with Crippen molar-refractivity contribution < 1.29 is 14.7 Å². The van der Waals surface area contributed by atoms with Crippen LogP contribution in [0.25, 0.3) is 0 Å². The predicted octanol–water partition coefficient (Wildman–Crippen LogP) is 2.53. The lowest BCUT2D eigenvalue weighted by atomic mass is 9.77. The molecule has 3 unspecified atom stereocenters. The van der Waals surface area contributed by atoms with Crippen molar-refractivity contribution in [3.05, 3.63) is 0 Å². The molecule has 3 rings (SSSR count). The van der Waals surface area contributed by atoms with E-state index in [1.54, 1.807) is 0 Å². The van der Waals surface area contributed by atoms with Crippen molar-refractivity contribution in [2.24, 2.45) is 23.2 Å². The molecule has 2 saturated carbocycles. The molecule has 4 nitrogen and oxygen atoms in total. The first-order chi connectivity index (χ1) is 9.59. The Morgan fingerprint density at radius 3 is 2.40 bits per heavy atom. The highest BCUT2D eigenvalue weighted by molar-refractivity contribution is 5.84. The van der Waals surface area contributed by atoms with Crippen molar-refractivity contribution in [1.82, 2.24) is 4.90 Å². The molecule has 3 fully saturated rings. The molecule has 1 amide bonds. The number of hydrogen-bond donors (Lipinski definition) is 1. The fourth-order valence-corrected chi connectivity index (χ4v) is 4.50. The summed E-state index contributed by atoms with van der Waals surface area (Å²) in [5.41, 5.74) is -0.700. The monoisotopic (exact) mass is 279 g/mol. The molecule has 0 aromatic carbocycles. The summed E-state index contributed by atoms with van der Waals surface area (Å²) in [7, 11) is 0. The number of aliphatic carboxylic acids is 1. The van der Waals surface area contributed by atoms with Gasteiger partial charge >= 0.3 is 5.97 Å². The van der Waals surface area contributed by atoms with E-state index in [0.29, 0.717) is 31.2 Å². The van der Waals surface area contributed by atoms with Crippen molar-refractivity contribution in [3.8, 4) is 0 Å². The lowest BCUT2D eigenvalue weighted by molar-refractivity contribution is -0.155. The van der Waals surface area contributed by atoms with Gasteiger partial charge in [0.25, 0.3) is 0 Å². The van der Waals surface area contributed by atoms with E-state index in [9.17, 15) is 14.7 Å². The summed E-state index contributed by atoms with van der Waals surface area (Å²) in [6, 6.07) is 0. The molecule has 20 heavy (non-hydrogen) atoms. The van der Waals surface area contributed by atoms with Crippen LogP contribution < -0.4 is 0 Å². The highest BCUT2D eigenvalue weighted by Crippen LogP contribution is 2.56. The third-order valence-electron chi connectivity index (χ3n) is 5.96. The van der Waals surface area contributed by atoms with Crippen LogP contribution in [0.4, 0.5) is 0 Å². The number of carboxylic acid groups (broad SMARTS) is 1. The molecule has 0 bridgehead atoms. The van der Waals surface area contributed by atoms with Gasteiger partial charge in [-0.2, -0.15) is 0 Å². The van der Waals surface area contributed by atoms with Crippen LogP contribution in [0.1, 0.15) is 51.9 Å². The van der Waals surface area contributed by atoms with Gasteiger partial charge in [0, 0.05) is 19.0 Å². The van der Waals surface area contributed by atoms with E-state index < -0.39 is 11.4 Å². The van der Waals surface area contributed by atoms with Crippen molar-refractivity contribution in [2.45, 2.75) is 51.9 Å². The van der Waals surface area contributed by atoms with E-state index in [4.69, 9.17) is 0 Å². The van der Waals surface area contributed by atoms with Gasteiger partial charge in [-0.1, -0.05) is 19.8 Å². The maximum Gasteiger partial charge on any atom is 0.311 e. The predicted molar refractivity (Wildman–Crippen MR) is 75.1 cm³/mol. The van der Waals surface area contributed by atoms with Gasteiger partial charge < -0.3 is 10.0 Å². The Labute approximate surface area is 120 Å². The number of fused-ring (bicyclic) bond motifs is 1. The standard InChI is InChI=1S/C16H25NO3/c1-2-16(15(19)20)8-5-9-17(10-16)14(18)13-11-6-3-4-7-12(11)13/h11-13H,2-10H2,1H3,(H,19,20). The van der Waals surface area contributed by atoms with Crippen LogP contribution in [0.5, 0.6) is 0 Å². The zero-order chi connectivity index (χ0) is 14.3. The van der Waals surface area contributed by atoms with E-state index in [2.05, 4.69) is 0 Å².